The fourth-order valence-electron chi connectivity index (χ4n) is 6.69. The highest BCUT2D eigenvalue weighted by Gasteiger charge is 2.61. The van der Waals surface area contributed by atoms with Crippen LogP contribution < -0.4 is 0 Å². The Bertz CT molecular complexity index is 659. The maximum atomic E-state index is 13.6. The van der Waals surface area contributed by atoms with Gasteiger partial charge in [0.2, 0.25) is 0 Å². The van der Waals surface area contributed by atoms with Gasteiger partial charge in [0, 0.05) is 24.2 Å². The molecule has 0 heterocycles. The third-order valence-corrected chi connectivity index (χ3v) is 8.37. The Kier molecular flexibility index (Phi) is 5.65. The van der Waals surface area contributed by atoms with Crippen molar-refractivity contribution in [3.8, 4) is 0 Å². The first-order chi connectivity index (χ1) is 13.0. The van der Waals surface area contributed by atoms with Crippen molar-refractivity contribution in [2.24, 2.45) is 34.5 Å². The van der Waals surface area contributed by atoms with Gasteiger partial charge in [-0.1, -0.05) is 6.92 Å². The molecule has 0 aromatic rings. The SMILES string of the molecule is CC(=O)OC(C)C1CCC(C2CCC3CC(O)CCC3(C)C2=O)C1(C)C(=O)O. The normalized spacial score (nSPS) is 44.6. The number of aliphatic carboxylic acids is 1. The zero-order valence-corrected chi connectivity index (χ0v) is 17.4. The van der Waals surface area contributed by atoms with E-state index >= 15 is 0 Å². The van der Waals surface area contributed by atoms with Crippen molar-refractivity contribution in [3.63, 3.8) is 0 Å². The Labute approximate surface area is 167 Å². The van der Waals surface area contributed by atoms with Crippen LogP contribution in [0, 0.1) is 34.5 Å². The van der Waals surface area contributed by atoms with Crippen LogP contribution in [0.25, 0.3) is 0 Å². The van der Waals surface area contributed by atoms with Crippen molar-refractivity contribution < 1.29 is 29.3 Å². The maximum absolute atomic E-state index is 13.6. The summed E-state index contributed by atoms with van der Waals surface area (Å²) in [6.07, 6.45) is 4.03. The third kappa shape index (κ3) is 3.27. The molecule has 6 heteroatoms. The Hall–Kier alpha value is -1.43. The zero-order chi connectivity index (χ0) is 20.9. The molecule has 3 rings (SSSR count). The van der Waals surface area contributed by atoms with Crippen molar-refractivity contribution in [3.05, 3.63) is 0 Å². The fraction of sp³-hybridized carbons (Fsp3) is 0.864. The molecule has 6 nitrogen and oxygen atoms in total. The van der Waals surface area contributed by atoms with E-state index in [0.717, 1.165) is 6.42 Å². The van der Waals surface area contributed by atoms with Gasteiger partial charge in [-0.05, 0) is 70.6 Å². The molecule has 0 saturated heterocycles. The number of carboxylic acids is 1. The summed E-state index contributed by atoms with van der Waals surface area (Å²) < 4.78 is 5.34. The van der Waals surface area contributed by atoms with E-state index in [-0.39, 0.29) is 35.6 Å². The van der Waals surface area contributed by atoms with Gasteiger partial charge in [-0.2, -0.15) is 0 Å². The molecule has 0 spiro atoms. The summed E-state index contributed by atoms with van der Waals surface area (Å²) in [7, 11) is 0. The molecule has 3 aliphatic carbocycles. The smallest absolute Gasteiger partial charge is 0.310 e. The number of fused-ring (bicyclic) bond motifs is 1. The van der Waals surface area contributed by atoms with Crippen LogP contribution in [-0.2, 0) is 19.1 Å². The molecular weight excluding hydrogens is 360 g/mol. The summed E-state index contributed by atoms with van der Waals surface area (Å²) in [5.41, 5.74) is -1.55. The van der Waals surface area contributed by atoms with E-state index in [0.29, 0.717) is 38.5 Å². The minimum atomic E-state index is -1.09. The Morgan fingerprint density at radius 3 is 2.43 bits per heavy atom. The van der Waals surface area contributed by atoms with Crippen LogP contribution in [0.1, 0.15) is 72.6 Å². The number of carbonyl (C=O) groups is 3. The van der Waals surface area contributed by atoms with Crippen molar-refractivity contribution >= 4 is 17.7 Å². The molecule has 0 amide bonds. The topological polar surface area (TPSA) is 101 Å². The van der Waals surface area contributed by atoms with Crippen LogP contribution in [0.2, 0.25) is 0 Å². The lowest BCUT2D eigenvalue weighted by Crippen LogP contribution is -2.53. The number of carboxylic acid groups (broad SMARTS) is 1. The number of aliphatic hydroxyl groups excluding tert-OH is 1. The molecule has 8 unspecified atom stereocenters. The summed E-state index contributed by atoms with van der Waals surface area (Å²) in [6, 6.07) is 0. The second kappa shape index (κ2) is 7.43. The number of ketones is 1. The molecule has 3 saturated carbocycles. The van der Waals surface area contributed by atoms with E-state index in [1.54, 1.807) is 13.8 Å². The minimum absolute atomic E-state index is 0.188. The van der Waals surface area contributed by atoms with E-state index in [1.165, 1.54) is 6.92 Å². The second-order valence-corrected chi connectivity index (χ2v) is 9.78. The largest absolute Gasteiger partial charge is 0.481 e. The summed E-state index contributed by atoms with van der Waals surface area (Å²) >= 11 is 0. The summed E-state index contributed by atoms with van der Waals surface area (Å²) in [5.74, 6) is -1.75. The number of Topliss-reactive ketones (excluding diaryl/α,β-unsaturated/α-hetero) is 1. The van der Waals surface area contributed by atoms with Gasteiger partial charge in [-0.3, -0.25) is 14.4 Å². The molecule has 3 fully saturated rings. The Morgan fingerprint density at radius 1 is 1.14 bits per heavy atom. The highest BCUT2D eigenvalue weighted by Crippen LogP contribution is 2.58. The average molecular weight is 395 g/mol. The predicted octanol–water partition coefficient (Wildman–Crippen LogP) is 3.20. The standard InChI is InChI=1S/C22H34O6/c1-12(28-13(2)23)17-7-8-18(22(17,4)20(26)27)16-6-5-14-11-15(24)9-10-21(14,3)19(16)25/h12,14-18,24H,5-11H2,1-4H3,(H,26,27). The van der Waals surface area contributed by atoms with Gasteiger partial charge in [-0.15, -0.1) is 0 Å². The lowest BCUT2D eigenvalue weighted by molar-refractivity contribution is -0.167. The van der Waals surface area contributed by atoms with Crippen LogP contribution in [0.15, 0.2) is 0 Å². The van der Waals surface area contributed by atoms with Gasteiger partial charge in [0.05, 0.1) is 11.5 Å². The Morgan fingerprint density at radius 2 is 1.82 bits per heavy atom. The quantitative estimate of drug-likeness (QED) is 0.710. The van der Waals surface area contributed by atoms with Gasteiger partial charge < -0.3 is 14.9 Å². The van der Waals surface area contributed by atoms with Crippen LogP contribution in [0.4, 0.5) is 0 Å². The number of esters is 1. The van der Waals surface area contributed by atoms with E-state index in [4.69, 9.17) is 4.74 Å². The molecule has 0 bridgehead atoms. The van der Waals surface area contributed by atoms with E-state index < -0.39 is 28.9 Å². The van der Waals surface area contributed by atoms with Crippen LogP contribution in [0.3, 0.4) is 0 Å². The van der Waals surface area contributed by atoms with Gasteiger partial charge in [0.25, 0.3) is 0 Å². The number of hydrogen-bond acceptors (Lipinski definition) is 5. The van der Waals surface area contributed by atoms with Gasteiger partial charge in [0.15, 0.2) is 0 Å². The molecule has 2 N–H and O–H groups in total. The van der Waals surface area contributed by atoms with Gasteiger partial charge in [0.1, 0.15) is 11.9 Å². The summed E-state index contributed by atoms with van der Waals surface area (Å²) in [6.45, 7) is 6.86. The molecule has 8 atom stereocenters. The summed E-state index contributed by atoms with van der Waals surface area (Å²) in [4.78, 5) is 37.4. The third-order valence-electron chi connectivity index (χ3n) is 8.37. The molecule has 0 radical (unpaired) electrons. The molecule has 0 aromatic heterocycles. The zero-order valence-electron chi connectivity index (χ0n) is 17.4. The second-order valence-electron chi connectivity index (χ2n) is 9.78. The van der Waals surface area contributed by atoms with Crippen molar-refractivity contribution in [1.29, 1.82) is 0 Å². The molecule has 0 aromatic carbocycles. The van der Waals surface area contributed by atoms with Crippen LogP contribution in [0.5, 0.6) is 0 Å². The lowest BCUT2D eigenvalue weighted by atomic mass is 9.53. The average Bonchev–Trinajstić information content (AvgIpc) is 2.95. The first-order valence-corrected chi connectivity index (χ1v) is 10.6. The molecular formula is C22H34O6. The summed E-state index contributed by atoms with van der Waals surface area (Å²) in [5, 5.41) is 20.2. The van der Waals surface area contributed by atoms with Gasteiger partial charge in [-0.25, -0.2) is 0 Å². The van der Waals surface area contributed by atoms with E-state index in [9.17, 15) is 24.6 Å². The number of ether oxygens (including phenoxy) is 1. The van der Waals surface area contributed by atoms with Gasteiger partial charge >= 0.3 is 11.9 Å². The van der Waals surface area contributed by atoms with Crippen molar-refractivity contribution in [2.75, 3.05) is 0 Å². The number of aliphatic hydroxyl groups is 1. The molecule has 0 aliphatic heterocycles. The minimum Gasteiger partial charge on any atom is -0.481 e. The maximum Gasteiger partial charge on any atom is 0.310 e. The highest BCUT2D eigenvalue weighted by molar-refractivity contribution is 5.89. The highest BCUT2D eigenvalue weighted by atomic mass is 16.5. The van der Waals surface area contributed by atoms with Crippen molar-refractivity contribution in [2.45, 2.75) is 84.8 Å². The van der Waals surface area contributed by atoms with E-state index in [1.807, 2.05) is 6.92 Å². The predicted molar refractivity (Wildman–Crippen MR) is 102 cm³/mol. The molecule has 3 aliphatic rings. The first kappa shape index (κ1) is 21.3. The lowest BCUT2D eigenvalue weighted by Gasteiger charge is -2.50. The molecule has 28 heavy (non-hydrogen) atoms. The fourth-order valence-corrected chi connectivity index (χ4v) is 6.69. The van der Waals surface area contributed by atoms with Crippen LogP contribution >= 0.6 is 0 Å². The van der Waals surface area contributed by atoms with Crippen molar-refractivity contribution in [1.82, 2.24) is 0 Å². The van der Waals surface area contributed by atoms with Crippen LogP contribution in [-0.4, -0.2) is 40.1 Å². The monoisotopic (exact) mass is 394 g/mol. The first-order valence-electron chi connectivity index (χ1n) is 10.6. The number of hydrogen-bond donors (Lipinski definition) is 2. The van der Waals surface area contributed by atoms with E-state index in [2.05, 4.69) is 0 Å². The number of carbonyl (C=O) groups excluding carboxylic acids is 2. The number of rotatable bonds is 4. The molecule has 158 valence electrons. The Balaban J connectivity index is 1.87.